The molecule has 1 fully saturated rings. The van der Waals surface area contributed by atoms with E-state index in [2.05, 4.69) is 48.5 Å². The van der Waals surface area contributed by atoms with Crippen LogP contribution in [-0.2, 0) is 6.54 Å². The molecule has 1 aromatic carbocycles. The summed E-state index contributed by atoms with van der Waals surface area (Å²) >= 11 is 0. The molecule has 0 aromatic heterocycles. The lowest BCUT2D eigenvalue weighted by atomic mass is 10.2. The minimum absolute atomic E-state index is 0.797. The summed E-state index contributed by atoms with van der Waals surface area (Å²) in [6, 6.07) is 9.26. The second kappa shape index (κ2) is 9.06. The van der Waals surface area contributed by atoms with Crippen molar-refractivity contribution >= 4 is 0 Å². The number of likely N-dealkylation sites (N-methyl/N-ethyl adjacent to an activating group) is 1. The Morgan fingerprint density at radius 3 is 2.57 bits per heavy atom. The second-order valence-electron chi connectivity index (χ2n) is 6.09. The number of rotatable bonds is 9. The van der Waals surface area contributed by atoms with Crippen molar-refractivity contribution in [3.8, 4) is 5.75 Å². The van der Waals surface area contributed by atoms with E-state index < -0.39 is 0 Å². The first-order valence-electron chi connectivity index (χ1n) is 8.42. The van der Waals surface area contributed by atoms with Crippen molar-refractivity contribution in [1.29, 1.82) is 0 Å². The molecule has 3 heteroatoms. The van der Waals surface area contributed by atoms with Crippen molar-refractivity contribution in [2.45, 2.75) is 51.6 Å². The quantitative estimate of drug-likeness (QED) is 0.705. The number of nitrogens with one attached hydrogen (secondary N) is 1. The molecule has 0 unspecified atom stereocenters. The molecule has 1 aliphatic carbocycles. The normalized spacial score (nSPS) is 15.8. The van der Waals surface area contributed by atoms with Gasteiger partial charge >= 0.3 is 0 Å². The van der Waals surface area contributed by atoms with Gasteiger partial charge in [-0.25, -0.2) is 0 Å². The maximum Gasteiger partial charge on any atom is 0.119 e. The average molecular weight is 290 g/mol. The Morgan fingerprint density at radius 2 is 1.90 bits per heavy atom. The van der Waals surface area contributed by atoms with Crippen LogP contribution in [0.15, 0.2) is 24.3 Å². The Morgan fingerprint density at radius 1 is 1.19 bits per heavy atom. The van der Waals surface area contributed by atoms with Gasteiger partial charge in [-0.15, -0.1) is 0 Å². The summed E-state index contributed by atoms with van der Waals surface area (Å²) in [5.74, 6) is 0.974. The van der Waals surface area contributed by atoms with Crippen molar-refractivity contribution in [2.24, 2.45) is 0 Å². The van der Waals surface area contributed by atoms with E-state index in [9.17, 15) is 0 Å². The molecule has 2 rings (SSSR count). The van der Waals surface area contributed by atoms with Gasteiger partial charge in [0.2, 0.25) is 0 Å². The average Bonchev–Trinajstić information content (AvgIpc) is 3.05. The highest BCUT2D eigenvalue weighted by Gasteiger charge is 2.18. The van der Waals surface area contributed by atoms with Gasteiger partial charge in [0, 0.05) is 25.7 Å². The fourth-order valence-electron chi connectivity index (χ4n) is 2.94. The summed E-state index contributed by atoms with van der Waals surface area (Å²) < 4.78 is 5.60. The molecule has 1 aliphatic rings. The van der Waals surface area contributed by atoms with Crippen molar-refractivity contribution < 1.29 is 4.74 Å². The van der Waals surface area contributed by atoms with Gasteiger partial charge in [-0.3, -0.25) is 0 Å². The topological polar surface area (TPSA) is 24.5 Å². The van der Waals surface area contributed by atoms with Crippen LogP contribution in [0.2, 0.25) is 0 Å². The summed E-state index contributed by atoms with van der Waals surface area (Å²) in [6.45, 7) is 6.06. The van der Waals surface area contributed by atoms with Crippen molar-refractivity contribution in [2.75, 3.05) is 26.7 Å². The van der Waals surface area contributed by atoms with E-state index in [1.807, 2.05) is 0 Å². The minimum Gasteiger partial charge on any atom is -0.494 e. The van der Waals surface area contributed by atoms with E-state index in [-0.39, 0.29) is 0 Å². The van der Waals surface area contributed by atoms with Crippen molar-refractivity contribution in [3.63, 3.8) is 0 Å². The van der Waals surface area contributed by atoms with Gasteiger partial charge in [0.25, 0.3) is 0 Å². The van der Waals surface area contributed by atoms with Crippen LogP contribution in [0.25, 0.3) is 0 Å². The van der Waals surface area contributed by atoms with E-state index in [4.69, 9.17) is 4.74 Å². The molecule has 0 spiro atoms. The van der Waals surface area contributed by atoms with Crippen LogP contribution in [0.5, 0.6) is 5.75 Å². The maximum atomic E-state index is 5.60. The first-order valence-corrected chi connectivity index (χ1v) is 8.42. The molecule has 0 heterocycles. The van der Waals surface area contributed by atoms with Crippen LogP contribution in [0.4, 0.5) is 0 Å². The Hall–Kier alpha value is -1.06. The predicted octanol–water partition coefficient (Wildman–Crippen LogP) is 3.44. The summed E-state index contributed by atoms with van der Waals surface area (Å²) in [5, 5.41) is 3.54. The number of hydrogen-bond acceptors (Lipinski definition) is 3. The summed E-state index contributed by atoms with van der Waals surface area (Å²) in [6.07, 6.45) is 6.65. The SMILES string of the molecule is CCCOc1ccc(CNCCN(C)C2CCCC2)cc1. The molecule has 21 heavy (non-hydrogen) atoms. The molecule has 0 radical (unpaired) electrons. The van der Waals surface area contributed by atoms with Crippen LogP contribution < -0.4 is 10.1 Å². The van der Waals surface area contributed by atoms with Gasteiger partial charge in [-0.2, -0.15) is 0 Å². The molecule has 0 amide bonds. The van der Waals surface area contributed by atoms with E-state index in [0.29, 0.717) is 0 Å². The molecule has 1 aromatic rings. The van der Waals surface area contributed by atoms with Gasteiger partial charge in [0.15, 0.2) is 0 Å². The summed E-state index contributed by atoms with van der Waals surface area (Å²) in [5.41, 5.74) is 1.32. The lowest BCUT2D eigenvalue weighted by molar-refractivity contribution is 0.245. The van der Waals surface area contributed by atoms with E-state index >= 15 is 0 Å². The van der Waals surface area contributed by atoms with Crippen LogP contribution in [0.3, 0.4) is 0 Å². The Balaban J connectivity index is 1.61. The van der Waals surface area contributed by atoms with Crippen LogP contribution in [-0.4, -0.2) is 37.7 Å². The van der Waals surface area contributed by atoms with Crippen molar-refractivity contribution in [3.05, 3.63) is 29.8 Å². The third-order valence-electron chi connectivity index (χ3n) is 4.31. The second-order valence-corrected chi connectivity index (χ2v) is 6.09. The zero-order chi connectivity index (χ0) is 14.9. The molecule has 0 saturated heterocycles. The standard InChI is InChI=1S/C18H30N2O/c1-3-14-21-18-10-8-16(9-11-18)15-19-12-13-20(2)17-6-4-5-7-17/h8-11,17,19H,3-7,12-15H2,1-2H3. The van der Waals surface area contributed by atoms with Gasteiger partial charge in [0.1, 0.15) is 5.75 Å². The summed E-state index contributed by atoms with van der Waals surface area (Å²) in [4.78, 5) is 2.52. The van der Waals surface area contributed by atoms with Gasteiger partial charge < -0.3 is 15.0 Å². The molecule has 1 saturated carbocycles. The van der Waals surface area contributed by atoms with Gasteiger partial charge in [-0.1, -0.05) is 31.9 Å². The fourth-order valence-corrected chi connectivity index (χ4v) is 2.94. The lowest BCUT2D eigenvalue weighted by Gasteiger charge is -2.24. The van der Waals surface area contributed by atoms with Crippen LogP contribution in [0.1, 0.15) is 44.6 Å². The number of benzene rings is 1. The highest BCUT2D eigenvalue weighted by molar-refractivity contribution is 5.27. The minimum atomic E-state index is 0.797. The smallest absolute Gasteiger partial charge is 0.119 e. The number of ether oxygens (including phenoxy) is 1. The molecule has 0 atom stereocenters. The molecule has 0 aliphatic heterocycles. The molecular formula is C18H30N2O. The molecular weight excluding hydrogens is 260 g/mol. The zero-order valence-corrected chi connectivity index (χ0v) is 13.6. The first kappa shape index (κ1) is 16.3. The molecule has 0 bridgehead atoms. The predicted molar refractivity (Wildman–Crippen MR) is 88.8 cm³/mol. The highest BCUT2D eigenvalue weighted by atomic mass is 16.5. The Labute approximate surface area is 129 Å². The van der Waals surface area contributed by atoms with Crippen LogP contribution >= 0.6 is 0 Å². The zero-order valence-electron chi connectivity index (χ0n) is 13.6. The fraction of sp³-hybridized carbons (Fsp3) is 0.667. The Kier molecular flexibility index (Phi) is 7.04. The van der Waals surface area contributed by atoms with E-state index in [0.717, 1.165) is 44.5 Å². The third-order valence-corrected chi connectivity index (χ3v) is 4.31. The van der Waals surface area contributed by atoms with Crippen molar-refractivity contribution in [1.82, 2.24) is 10.2 Å². The van der Waals surface area contributed by atoms with E-state index in [1.54, 1.807) is 0 Å². The lowest BCUT2D eigenvalue weighted by Crippen LogP contribution is -2.35. The van der Waals surface area contributed by atoms with Crippen LogP contribution in [0, 0.1) is 0 Å². The van der Waals surface area contributed by atoms with Gasteiger partial charge in [-0.05, 0) is 44.0 Å². The van der Waals surface area contributed by atoms with Gasteiger partial charge in [0.05, 0.1) is 6.61 Å². The Bertz CT molecular complexity index is 385. The number of nitrogens with zero attached hydrogens (tertiary/aromatic N) is 1. The molecule has 1 N–H and O–H groups in total. The largest absolute Gasteiger partial charge is 0.494 e. The molecule has 118 valence electrons. The summed E-state index contributed by atoms with van der Waals surface area (Å²) in [7, 11) is 2.26. The molecule has 3 nitrogen and oxygen atoms in total. The van der Waals surface area contributed by atoms with E-state index in [1.165, 1.54) is 31.2 Å². The monoisotopic (exact) mass is 290 g/mol. The first-order chi connectivity index (χ1) is 10.3. The number of hydrogen-bond donors (Lipinski definition) is 1. The highest BCUT2D eigenvalue weighted by Crippen LogP contribution is 2.21. The third kappa shape index (κ3) is 5.68. The maximum absolute atomic E-state index is 5.60.